The number of allylic oxidation sites excluding steroid dienone is 4. The summed E-state index contributed by atoms with van der Waals surface area (Å²) >= 11 is 0. The predicted molar refractivity (Wildman–Crippen MR) is 60.1 cm³/mol. The average molecular weight is 192 g/mol. The van der Waals surface area contributed by atoms with Crippen LogP contribution < -0.4 is 0 Å². The lowest BCUT2D eigenvalue weighted by Crippen LogP contribution is -2.06. The second-order valence-electron chi connectivity index (χ2n) is 4.41. The third-order valence-electron chi connectivity index (χ3n) is 2.64. The van der Waals surface area contributed by atoms with E-state index in [1.165, 1.54) is 5.57 Å². The molecule has 1 unspecified atom stereocenters. The van der Waals surface area contributed by atoms with Crippen molar-refractivity contribution in [2.75, 3.05) is 0 Å². The molecular weight excluding hydrogens is 172 g/mol. The van der Waals surface area contributed by atoms with Crippen molar-refractivity contribution in [3.05, 3.63) is 23.8 Å². The van der Waals surface area contributed by atoms with Crippen molar-refractivity contribution in [3.8, 4) is 0 Å². The van der Waals surface area contributed by atoms with Gasteiger partial charge in [0.05, 0.1) is 0 Å². The summed E-state index contributed by atoms with van der Waals surface area (Å²) in [7, 11) is 0. The molecule has 0 saturated heterocycles. The van der Waals surface area contributed by atoms with Crippen molar-refractivity contribution < 1.29 is 4.79 Å². The Morgan fingerprint density at radius 1 is 1.57 bits per heavy atom. The summed E-state index contributed by atoms with van der Waals surface area (Å²) in [5.74, 6) is 0.926. The second-order valence-corrected chi connectivity index (χ2v) is 4.41. The maximum Gasteiger partial charge on any atom is 0.123 e. The Morgan fingerprint density at radius 3 is 2.86 bits per heavy atom. The molecule has 1 atom stereocenters. The topological polar surface area (TPSA) is 17.1 Å². The fourth-order valence-corrected chi connectivity index (χ4v) is 1.71. The molecule has 0 aliphatic heterocycles. The fraction of sp³-hybridized carbons (Fsp3) is 0.615. The third kappa shape index (κ3) is 3.91. The lowest BCUT2D eigenvalue weighted by atomic mass is 9.89. The van der Waals surface area contributed by atoms with Gasteiger partial charge in [0.1, 0.15) is 6.29 Å². The van der Waals surface area contributed by atoms with Crippen LogP contribution in [0.3, 0.4) is 0 Å². The van der Waals surface area contributed by atoms with Crippen LogP contribution in [0.2, 0.25) is 0 Å². The summed E-state index contributed by atoms with van der Waals surface area (Å²) in [4.78, 5) is 10.5. The molecule has 0 heterocycles. The average Bonchev–Trinajstić information content (AvgIpc) is 2.18. The lowest BCUT2D eigenvalue weighted by Gasteiger charge is -2.16. The highest BCUT2D eigenvalue weighted by molar-refractivity contribution is 5.54. The van der Waals surface area contributed by atoms with Gasteiger partial charge in [-0.05, 0) is 31.6 Å². The van der Waals surface area contributed by atoms with E-state index in [0.29, 0.717) is 5.92 Å². The summed E-state index contributed by atoms with van der Waals surface area (Å²) in [5, 5.41) is 0. The zero-order valence-corrected chi connectivity index (χ0v) is 9.20. The standard InChI is InChI=1S/C13H20O/c1-11(2)4-3-5-12-6-8-13(10-14)9-7-12/h3-4,6,10-11,13H,5,7-9H2,1-2H3/b4-3+. The molecule has 1 rings (SSSR count). The zero-order valence-electron chi connectivity index (χ0n) is 9.20. The van der Waals surface area contributed by atoms with E-state index in [9.17, 15) is 4.79 Å². The van der Waals surface area contributed by atoms with Gasteiger partial charge in [0.25, 0.3) is 0 Å². The van der Waals surface area contributed by atoms with Crippen molar-refractivity contribution in [1.82, 2.24) is 0 Å². The lowest BCUT2D eigenvalue weighted by molar-refractivity contribution is -0.111. The quantitative estimate of drug-likeness (QED) is 0.492. The van der Waals surface area contributed by atoms with Gasteiger partial charge in [-0.2, -0.15) is 0 Å². The van der Waals surface area contributed by atoms with Crippen molar-refractivity contribution >= 4 is 6.29 Å². The van der Waals surface area contributed by atoms with Gasteiger partial charge in [0.2, 0.25) is 0 Å². The Balaban J connectivity index is 2.33. The summed E-state index contributed by atoms with van der Waals surface area (Å²) in [6.45, 7) is 4.38. The minimum atomic E-state index is 0.285. The first-order chi connectivity index (χ1) is 6.72. The molecule has 0 bridgehead atoms. The van der Waals surface area contributed by atoms with Crippen molar-refractivity contribution in [1.29, 1.82) is 0 Å². The first-order valence-electron chi connectivity index (χ1n) is 5.52. The van der Waals surface area contributed by atoms with Gasteiger partial charge in [-0.3, -0.25) is 0 Å². The van der Waals surface area contributed by atoms with Crippen molar-refractivity contribution in [2.24, 2.45) is 11.8 Å². The van der Waals surface area contributed by atoms with Crippen LogP contribution in [0, 0.1) is 11.8 Å². The van der Waals surface area contributed by atoms with E-state index < -0.39 is 0 Å². The fourth-order valence-electron chi connectivity index (χ4n) is 1.71. The van der Waals surface area contributed by atoms with Gasteiger partial charge in [-0.1, -0.05) is 37.6 Å². The Hall–Kier alpha value is -0.850. The summed E-state index contributed by atoms with van der Waals surface area (Å²) in [5.41, 5.74) is 1.50. The maximum absolute atomic E-state index is 10.5. The summed E-state index contributed by atoms with van der Waals surface area (Å²) in [6.07, 6.45) is 12.0. The molecule has 0 aromatic heterocycles. The first kappa shape index (κ1) is 11.2. The first-order valence-corrected chi connectivity index (χ1v) is 5.52. The van der Waals surface area contributed by atoms with Crippen LogP contribution in [0.5, 0.6) is 0 Å². The van der Waals surface area contributed by atoms with E-state index in [4.69, 9.17) is 0 Å². The van der Waals surface area contributed by atoms with Crippen molar-refractivity contribution in [3.63, 3.8) is 0 Å². The minimum absolute atomic E-state index is 0.285. The van der Waals surface area contributed by atoms with E-state index in [1.54, 1.807) is 0 Å². The molecule has 1 heteroatoms. The second kappa shape index (κ2) is 5.79. The highest BCUT2D eigenvalue weighted by Gasteiger charge is 2.11. The molecule has 1 nitrogen and oxygen atoms in total. The van der Waals surface area contributed by atoms with Gasteiger partial charge in [-0.25, -0.2) is 0 Å². The highest BCUT2D eigenvalue weighted by atomic mass is 16.1. The molecule has 0 aromatic rings. The monoisotopic (exact) mass is 192 g/mol. The van der Waals surface area contributed by atoms with Crippen LogP contribution in [0.25, 0.3) is 0 Å². The molecule has 0 N–H and O–H groups in total. The van der Waals surface area contributed by atoms with E-state index in [1.807, 2.05) is 0 Å². The molecule has 0 fully saturated rings. The molecule has 1 aliphatic rings. The van der Waals surface area contributed by atoms with Gasteiger partial charge in [-0.15, -0.1) is 0 Å². The van der Waals surface area contributed by atoms with E-state index in [0.717, 1.165) is 32.0 Å². The van der Waals surface area contributed by atoms with E-state index in [2.05, 4.69) is 32.1 Å². The molecule has 0 aromatic carbocycles. The maximum atomic E-state index is 10.5. The Labute approximate surface area is 86.9 Å². The molecular formula is C13H20O. The predicted octanol–water partition coefficient (Wildman–Crippen LogP) is 3.51. The van der Waals surface area contributed by atoms with Crippen LogP contribution in [-0.2, 0) is 4.79 Å². The van der Waals surface area contributed by atoms with E-state index in [-0.39, 0.29) is 5.92 Å². The molecule has 78 valence electrons. The SMILES string of the molecule is CC(C)/C=C/CC1=CCC(C=O)CC1. The van der Waals surface area contributed by atoms with Gasteiger partial charge < -0.3 is 4.79 Å². The number of hydrogen-bond acceptors (Lipinski definition) is 1. The minimum Gasteiger partial charge on any atom is -0.303 e. The van der Waals surface area contributed by atoms with Crippen LogP contribution in [0.15, 0.2) is 23.8 Å². The molecule has 0 saturated carbocycles. The van der Waals surface area contributed by atoms with Crippen LogP contribution >= 0.6 is 0 Å². The number of rotatable bonds is 4. The highest BCUT2D eigenvalue weighted by Crippen LogP contribution is 2.24. The van der Waals surface area contributed by atoms with Gasteiger partial charge in [0.15, 0.2) is 0 Å². The molecule has 1 aliphatic carbocycles. The van der Waals surface area contributed by atoms with Gasteiger partial charge in [0, 0.05) is 5.92 Å². The molecule has 0 radical (unpaired) electrons. The van der Waals surface area contributed by atoms with E-state index >= 15 is 0 Å². The molecule has 0 spiro atoms. The smallest absolute Gasteiger partial charge is 0.123 e. The van der Waals surface area contributed by atoms with Crippen LogP contribution in [-0.4, -0.2) is 6.29 Å². The van der Waals surface area contributed by atoms with Crippen LogP contribution in [0.1, 0.15) is 39.5 Å². The Morgan fingerprint density at radius 2 is 2.36 bits per heavy atom. The summed E-state index contributed by atoms with van der Waals surface area (Å²) in [6, 6.07) is 0. The number of carbonyl (C=O) groups is 1. The third-order valence-corrected chi connectivity index (χ3v) is 2.64. The number of aldehydes is 1. The Kier molecular flexibility index (Phi) is 4.64. The van der Waals surface area contributed by atoms with Crippen LogP contribution in [0.4, 0.5) is 0 Å². The Bertz CT molecular complexity index is 236. The number of hydrogen-bond donors (Lipinski definition) is 0. The molecule has 0 amide bonds. The molecule has 14 heavy (non-hydrogen) atoms. The van der Waals surface area contributed by atoms with Gasteiger partial charge >= 0.3 is 0 Å². The largest absolute Gasteiger partial charge is 0.303 e. The van der Waals surface area contributed by atoms with Crippen molar-refractivity contribution in [2.45, 2.75) is 39.5 Å². The summed E-state index contributed by atoms with van der Waals surface area (Å²) < 4.78 is 0. The zero-order chi connectivity index (χ0) is 10.4. The normalized spacial score (nSPS) is 22.8. The number of carbonyl (C=O) groups excluding carboxylic acids is 1.